The van der Waals surface area contributed by atoms with Crippen molar-refractivity contribution in [1.82, 2.24) is 15.6 Å². The van der Waals surface area contributed by atoms with E-state index in [4.69, 9.17) is 9.47 Å². The Hall–Kier alpha value is -1.94. The van der Waals surface area contributed by atoms with E-state index in [0.717, 1.165) is 5.56 Å². The summed E-state index contributed by atoms with van der Waals surface area (Å²) in [6.07, 6.45) is 1.63. The predicted molar refractivity (Wildman–Crippen MR) is 111 cm³/mol. The van der Waals surface area contributed by atoms with Gasteiger partial charge in [-0.05, 0) is 25.1 Å². The first-order valence-corrected chi connectivity index (χ1v) is 7.95. The van der Waals surface area contributed by atoms with Gasteiger partial charge in [-0.15, -0.1) is 24.0 Å². The van der Waals surface area contributed by atoms with Crippen LogP contribution < -0.4 is 15.4 Å². The van der Waals surface area contributed by atoms with Crippen LogP contribution in [0.5, 0.6) is 11.6 Å². The Kier molecular flexibility index (Phi) is 9.89. The number of halogens is 2. The molecule has 0 aliphatic rings. The first kappa shape index (κ1) is 22.1. The van der Waals surface area contributed by atoms with Gasteiger partial charge in [0.1, 0.15) is 11.6 Å². The normalized spacial score (nSPS) is 12.1. The van der Waals surface area contributed by atoms with E-state index < -0.39 is 0 Å². The molecule has 1 atom stereocenters. The summed E-state index contributed by atoms with van der Waals surface area (Å²) in [7, 11) is 3.35. The topological polar surface area (TPSA) is 67.8 Å². The zero-order valence-electron chi connectivity index (χ0n) is 15.0. The van der Waals surface area contributed by atoms with Crippen LogP contribution in [0.4, 0.5) is 4.39 Å². The second kappa shape index (κ2) is 11.6. The van der Waals surface area contributed by atoms with Gasteiger partial charge in [-0.3, -0.25) is 4.99 Å². The molecule has 142 valence electrons. The van der Waals surface area contributed by atoms with Crippen molar-refractivity contribution in [2.24, 2.45) is 4.99 Å². The lowest BCUT2D eigenvalue weighted by molar-refractivity contribution is 0.179. The van der Waals surface area contributed by atoms with Crippen molar-refractivity contribution in [1.29, 1.82) is 0 Å². The summed E-state index contributed by atoms with van der Waals surface area (Å²) in [6.45, 7) is 3.03. The van der Waals surface area contributed by atoms with Gasteiger partial charge in [-0.25, -0.2) is 9.37 Å². The van der Waals surface area contributed by atoms with Crippen LogP contribution in [0, 0.1) is 5.82 Å². The van der Waals surface area contributed by atoms with Crippen molar-refractivity contribution >= 4 is 29.9 Å². The molecule has 0 saturated carbocycles. The Morgan fingerprint density at radius 3 is 2.81 bits per heavy atom. The second-order valence-corrected chi connectivity index (χ2v) is 5.45. The zero-order valence-corrected chi connectivity index (χ0v) is 17.4. The highest BCUT2D eigenvalue weighted by Gasteiger charge is 2.09. The highest BCUT2D eigenvalue weighted by atomic mass is 127. The molecule has 0 saturated heterocycles. The van der Waals surface area contributed by atoms with Crippen molar-refractivity contribution in [2.75, 3.05) is 20.8 Å². The Labute approximate surface area is 170 Å². The van der Waals surface area contributed by atoms with Gasteiger partial charge < -0.3 is 20.1 Å². The summed E-state index contributed by atoms with van der Waals surface area (Å²) in [5.41, 5.74) is 0.828. The number of methoxy groups -OCH3 is 1. The molecule has 0 fully saturated rings. The number of hydrogen-bond acceptors (Lipinski definition) is 4. The first-order chi connectivity index (χ1) is 12.1. The quantitative estimate of drug-likeness (QED) is 0.366. The van der Waals surface area contributed by atoms with Crippen molar-refractivity contribution < 1.29 is 13.9 Å². The highest BCUT2D eigenvalue weighted by molar-refractivity contribution is 14.0. The third-order valence-corrected chi connectivity index (χ3v) is 3.33. The summed E-state index contributed by atoms with van der Waals surface area (Å²) in [4.78, 5) is 8.41. The van der Waals surface area contributed by atoms with Gasteiger partial charge in [-0.2, -0.15) is 0 Å². The lowest BCUT2D eigenvalue weighted by Gasteiger charge is -2.17. The van der Waals surface area contributed by atoms with Gasteiger partial charge in [0.05, 0.1) is 6.61 Å². The molecular weight excluding hydrogens is 450 g/mol. The van der Waals surface area contributed by atoms with Crippen LogP contribution in [0.25, 0.3) is 0 Å². The van der Waals surface area contributed by atoms with E-state index in [1.165, 1.54) is 12.1 Å². The number of aromatic nitrogens is 1. The number of benzene rings is 1. The standard InChI is InChI=1S/C18H23FN4O2.HI/c1-13(12-24-3)23-18(20-2)22-11-14-6-5-9-21-17(14)25-16-8-4-7-15(19)10-16;/h4-10,13H,11-12H2,1-3H3,(H2,20,22,23);1H. The molecule has 2 N–H and O–H groups in total. The van der Waals surface area contributed by atoms with Gasteiger partial charge in [-0.1, -0.05) is 12.1 Å². The van der Waals surface area contributed by atoms with Crippen molar-refractivity contribution in [3.63, 3.8) is 0 Å². The van der Waals surface area contributed by atoms with E-state index in [1.807, 2.05) is 19.1 Å². The molecule has 1 unspecified atom stereocenters. The molecule has 2 rings (SSSR count). The Morgan fingerprint density at radius 2 is 2.12 bits per heavy atom. The summed E-state index contributed by atoms with van der Waals surface area (Å²) in [5.74, 6) is 1.10. The van der Waals surface area contributed by atoms with Gasteiger partial charge >= 0.3 is 0 Å². The maximum Gasteiger partial charge on any atom is 0.224 e. The molecule has 8 heteroatoms. The summed E-state index contributed by atoms with van der Waals surface area (Å²) < 4.78 is 24.1. The summed E-state index contributed by atoms with van der Waals surface area (Å²) in [5, 5.41) is 6.42. The molecule has 1 heterocycles. The Balaban J connectivity index is 0.00000338. The maximum atomic E-state index is 13.3. The SMILES string of the molecule is CN=C(NCc1cccnc1Oc1cccc(F)c1)NC(C)COC.I. The minimum absolute atomic E-state index is 0. The van der Waals surface area contributed by atoms with E-state index in [2.05, 4.69) is 20.6 Å². The van der Waals surface area contributed by atoms with Gasteiger partial charge in [0.25, 0.3) is 0 Å². The molecule has 26 heavy (non-hydrogen) atoms. The molecule has 0 amide bonds. The van der Waals surface area contributed by atoms with Gasteiger partial charge in [0.15, 0.2) is 5.96 Å². The molecule has 1 aromatic carbocycles. The van der Waals surface area contributed by atoms with Gasteiger partial charge in [0.2, 0.25) is 5.88 Å². The molecule has 1 aromatic heterocycles. The number of guanidine groups is 1. The number of rotatable bonds is 7. The third-order valence-electron chi connectivity index (χ3n) is 3.33. The third kappa shape index (κ3) is 7.12. The summed E-state index contributed by atoms with van der Waals surface area (Å²) in [6, 6.07) is 9.78. The maximum absolute atomic E-state index is 13.3. The first-order valence-electron chi connectivity index (χ1n) is 7.95. The number of aliphatic imine (C=N–C) groups is 1. The predicted octanol–water partition coefficient (Wildman–Crippen LogP) is 3.33. The lowest BCUT2D eigenvalue weighted by atomic mass is 10.2. The Morgan fingerprint density at radius 1 is 1.31 bits per heavy atom. The fraction of sp³-hybridized carbons (Fsp3) is 0.333. The number of pyridine rings is 1. The monoisotopic (exact) mass is 474 g/mol. The van der Waals surface area contributed by atoms with Crippen LogP contribution >= 0.6 is 24.0 Å². The molecule has 2 aromatic rings. The highest BCUT2D eigenvalue weighted by Crippen LogP contribution is 2.23. The van der Waals surface area contributed by atoms with Gasteiger partial charge in [0, 0.05) is 44.6 Å². The van der Waals surface area contributed by atoms with Crippen molar-refractivity contribution in [3.05, 3.63) is 54.0 Å². The van der Waals surface area contributed by atoms with Crippen LogP contribution in [0.2, 0.25) is 0 Å². The number of hydrogen-bond donors (Lipinski definition) is 2. The molecule has 0 spiro atoms. The molecule has 0 aliphatic heterocycles. The van der Waals surface area contributed by atoms with E-state index in [1.54, 1.807) is 32.5 Å². The van der Waals surface area contributed by atoms with E-state index in [-0.39, 0.29) is 35.8 Å². The average molecular weight is 474 g/mol. The van der Waals surface area contributed by atoms with Crippen molar-refractivity contribution in [2.45, 2.75) is 19.5 Å². The Bertz CT molecular complexity index is 715. The minimum Gasteiger partial charge on any atom is -0.439 e. The molecule has 0 bridgehead atoms. The largest absolute Gasteiger partial charge is 0.439 e. The number of nitrogens with one attached hydrogen (secondary N) is 2. The smallest absolute Gasteiger partial charge is 0.224 e. The van der Waals surface area contributed by atoms with E-state index in [0.29, 0.717) is 30.7 Å². The number of nitrogens with zero attached hydrogens (tertiary/aromatic N) is 2. The molecule has 0 aliphatic carbocycles. The number of ether oxygens (including phenoxy) is 2. The molecular formula is C18H24FIN4O2. The average Bonchev–Trinajstić information content (AvgIpc) is 2.60. The van der Waals surface area contributed by atoms with E-state index >= 15 is 0 Å². The summed E-state index contributed by atoms with van der Waals surface area (Å²) >= 11 is 0. The van der Waals surface area contributed by atoms with Crippen LogP contribution in [-0.2, 0) is 11.3 Å². The van der Waals surface area contributed by atoms with E-state index in [9.17, 15) is 4.39 Å². The van der Waals surface area contributed by atoms with Crippen LogP contribution in [-0.4, -0.2) is 37.7 Å². The van der Waals surface area contributed by atoms with Crippen LogP contribution in [0.3, 0.4) is 0 Å². The molecule has 0 radical (unpaired) electrons. The van der Waals surface area contributed by atoms with Crippen LogP contribution in [0.1, 0.15) is 12.5 Å². The lowest BCUT2D eigenvalue weighted by Crippen LogP contribution is -2.43. The fourth-order valence-electron chi connectivity index (χ4n) is 2.19. The van der Waals surface area contributed by atoms with Crippen molar-refractivity contribution in [3.8, 4) is 11.6 Å². The molecule has 6 nitrogen and oxygen atoms in total. The minimum atomic E-state index is -0.357. The zero-order chi connectivity index (χ0) is 18.1. The fourth-order valence-corrected chi connectivity index (χ4v) is 2.19. The second-order valence-electron chi connectivity index (χ2n) is 5.45. The van der Waals surface area contributed by atoms with Crippen LogP contribution in [0.15, 0.2) is 47.6 Å².